The zero-order chi connectivity index (χ0) is 14.4. The number of hydrogen-bond donors (Lipinski definition) is 1. The second-order valence-corrected chi connectivity index (χ2v) is 4.63. The summed E-state index contributed by atoms with van der Waals surface area (Å²) in [6, 6.07) is 1.47. The molecule has 0 aliphatic heterocycles. The van der Waals surface area contributed by atoms with Gasteiger partial charge in [0.25, 0.3) is 5.91 Å². The molecule has 4 nitrogen and oxygen atoms in total. The Morgan fingerprint density at radius 3 is 2.68 bits per heavy atom. The molecule has 0 saturated carbocycles. The highest BCUT2D eigenvalue weighted by molar-refractivity contribution is 5.95. The topological polar surface area (TPSA) is 45.2 Å². The number of aromatic nitrogens is 1. The van der Waals surface area contributed by atoms with Crippen LogP contribution < -0.4 is 5.32 Å². The number of halogens is 1. The monoisotopic (exact) mass is 267 g/mol. The number of pyridine rings is 1. The number of rotatable bonds is 6. The summed E-state index contributed by atoms with van der Waals surface area (Å²) < 4.78 is 14.2. The Balaban J connectivity index is 3.03. The largest absolute Gasteiger partial charge is 0.368 e. The molecule has 0 radical (unpaired) electrons. The first-order valence-corrected chi connectivity index (χ1v) is 6.72. The van der Waals surface area contributed by atoms with E-state index < -0.39 is 5.82 Å². The van der Waals surface area contributed by atoms with E-state index in [0.717, 1.165) is 6.42 Å². The molecule has 5 heteroatoms. The average Bonchev–Trinajstić information content (AvgIpc) is 2.37. The third kappa shape index (κ3) is 3.66. The van der Waals surface area contributed by atoms with Crippen molar-refractivity contribution in [2.24, 2.45) is 0 Å². The summed E-state index contributed by atoms with van der Waals surface area (Å²) in [5, 5.41) is 2.89. The van der Waals surface area contributed by atoms with Crippen LogP contribution in [0.5, 0.6) is 0 Å². The fourth-order valence-corrected chi connectivity index (χ4v) is 1.87. The van der Waals surface area contributed by atoms with E-state index in [2.05, 4.69) is 10.3 Å². The van der Waals surface area contributed by atoms with Crippen molar-refractivity contribution in [1.29, 1.82) is 0 Å². The number of hydrogen-bond acceptors (Lipinski definition) is 3. The van der Waals surface area contributed by atoms with Gasteiger partial charge in [-0.05, 0) is 33.3 Å². The first-order chi connectivity index (χ1) is 9.02. The third-order valence-electron chi connectivity index (χ3n) is 2.89. The molecule has 1 heterocycles. The molecule has 0 unspecified atom stereocenters. The van der Waals surface area contributed by atoms with Crippen molar-refractivity contribution >= 4 is 11.7 Å². The molecule has 0 atom stereocenters. The van der Waals surface area contributed by atoms with Crippen LogP contribution in [0.25, 0.3) is 0 Å². The molecule has 1 amide bonds. The van der Waals surface area contributed by atoms with Gasteiger partial charge < -0.3 is 10.2 Å². The van der Waals surface area contributed by atoms with Gasteiger partial charge >= 0.3 is 0 Å². The SMILES string of the molecule is CCCNc1nccc(C(=O)N(CC)C(C)C)c1F. The van der Waals surface area contributed by atoms with Crippen LogP contribution in [0.15, 0.2) is 12.3 Å². The van der Waals surface area contributed by atoms with E-state index in [1.165, 1.54) is 12.3 Å². The quantitative estimate of drug-likeness (QED) is 0.862. The molecule has 0 bridgehead atoms. The number of amides is 1. The summed E-state index contributed by atoms with van der Waals surface area (Å²) in [7, 11) is 0. The van der Waals surface area contributed by atoms with E-state index in [1.54, 1.807) is 4.90 Å². The van der Waals surface area contributed by atoms with Gasteiger partial charge in [0.2, 0.25) is 0 Å². The molecule has 1 N–H and O–H groups in total. The molecule has 19 heavy (non-hydrogen) atoms. The summed E-state index contributed by atoms with van der Waals surface area (Å²) in [6.45, 7) is 8.87. The minimum absolute atomic E-state index is 0.0390. The summed E-state index contributed by atoms with van der Waals surface area (Å²) in [5.74, 6) is -0.718. The molecule has 0 fully saturated rings. The summed E-state index contributed by atoms with van der Waals surface area (Å²) in [4.78, 5) is 17.9. The zero-order valence-electron chi connectivity index (χ0n) is 12.0. The molecule has 0 spiro atoms. The zero-order valence-corrected chi connectivity index (χ0v) is 12.0. The van der Waals surface area contributed by atoms with E-state index in [9.17, 15) is 9.18 Å². The Bertz CT molecular complexity index is 435. The highest BCUT2D eigenvalue weighted by atomic mass is 19.1. The number of anilines is 1. The van der Waals surface area contributed by atoms with Gasteiger partial charge in [0.05, 0.1) is 5.56 Å². The van der Waals surface area contributed by atoms with E-state index >= 15 is 0 Å². The van der Waals surface area contributed by atoms with Crippen molar-refractivity contribution in [3.8, 4) is 0 Å². The maximum atomic E-state index is 14.2. The first kappa shape index (κ1) is 15.4. The van der Waals surface area contributed by atoms with Gasteiger partial charge in [-0.1, -0.05) is 6.92 Å². The molecule has 0 aliphatic carbocycles. The second kappa shape index (κ2) is 7.07. The fraction of sp³-hybridized carbons (Fsp3) is 0.571. The molecule has 1 rings (SSSR count). The van der Waals surface area contributed by atoms with Crippen LogP contribution in [0, 0.1) is 5.82 Å². The maximum absolute atomic E-state index is 14.2. The lowest BCUT2D eigenvalue weighted by atomic mass is 10.2. The number of carbonyl (C=O) groups is 1. The van der Waals surface area contributed by atoms with Crippen LogP contribution in [0.3, 0.4) is 0 Å². The van der Waals surface area contributed by atoms with Crippen LogP contribution in [0.2, 0.25) is 0 Å². The van der Waals surface area contributed by atoms with Gasteiger partial charge in [0.15, 0.2) is 11.6 Å². The highest BCUT2D eigenvalue weighted by Gasteiger charge is 2.22. The van der Waals surface area contributed by atoms with E-state index in [-0.39, 0.29) is 23.3 Å². The van der Waals surface area contributed by atoms with Crippen molar-refractivity contribution < 1.29 is 9.18 Å². The smallest absolute Gasteiger partial charge is 0.257 e. The Morgan fingerprint density at radius 2 is 2.16 bits per heavy atom. The third-order valence-corrected chi connectivity index (χ3v) is 2.89. The van der Waals surface area contributed by atoms with E-state index in [4.69, 9.17) is 0 Å². The van der Waals surface area contributed by atoms with Gasteiger partial charge in [0, 0.05) is 25.3 Å². The number of nitrogens with one attached hydrogen (secondary N) is 1. The lowest BCUT2D eigenvalue weighted by Crippen LogP contribution is -2.37. The number of carbonyl (C=O) groups excluding carboxylic acids is 1. The van der Waals surface area contributed by atoms with Gasteiger partial charge in [-0.3, -0.25) is 4.79 Å². The van der Waals surface area contributed by atoms with Crippen LogP contribution in [0.4, 0.5) is 10.2 Å². The molecule has 0 aromatic carbocycles. The summed E-state index contributed by atoms with van der Waals surface area (Å²) in [5.41, 5.74) is 0.0733. The van der Waals surface area contributed by atoms with Crippen molar-refractivity contribution in [2.75, 3.05) is 18.4 Å². The van der Waals surface area contributed by atoms with Crippen molar-refractivity contribution in [2.45, 2.75) is 40.2 Å². The lowest BCUT2D eigenvalue weighted by molar-refractivity contribution is 0.0712. The average molecular weight is 267 g/mol. The standard InChI is InChI=1S/C14H22FN3O/c1-5-8-16-13-12(15)11(7-9-17-13)14(19)18(6-2)10(3)4/h7,9-10H,5-6,8H2,1-4H3,(H,16,17). The molecular weight excluding hydrogens is 245 g/mol. The molecular formula is C14H22FN3O. The van der Waals surface area contributed by atoms with Gasteiger partial charge in [-0.15, -0.1) is 0 Å². The Hall–Kier alpha value is -1.65. The van der Waals surface area contributed by atoms with Gasteiger partial charge in [0.1, 0.15) is 0 Å². The fourth-order valence-electron chi connectivity index (χ4n) is 1.87. The van der Waals surface area contributed by atoms with Crippen molar-refractivity contribution in [1.82, 2.24) is 9.88 Å². The summed E-state index contributed by atoms with van der Waals surface area (Å²) in [6.07, 6.45) is 2.33. The maximum Gasteiger partial charge on any atom is 0.257 e. The molecule has 0 aliphatic rings. The highest BCUT2D eigenvalue weighted by Crippen LogP contribution is 2.18. The predicted molar refractivity (Wildman–Crippen MR) is 74.8 cm³/mol. The van der Waals surface area contributed by atoms with Gasteiger partial charge in [-0.2, -0.15) is 0 Å². The Morgan fingerprint density at radius 1 is 1.47 bits per heavy atom. The molecule has 106 valence electrons. The van der Waals surface area contributed by atoms with Crippen LogP contribution in [-0.2, 0) is 0 Å². The van der Waals surface area contributed by atoms with Crippen molar-refractivity contribution in [3.63, 3.8) is 0 Å². The number of nitrogens with zero attached hydrogens (tertiary/aromatic N) is 2. The van der Waals surface area contributed by atoms with E-state index in [0.29, 0.717) is 13.1 Å². The summed E-state index contributed by atoms with van der Waals surface area (Å²) >= 11 is 0. The molecule has 0 saturated heterocycles. The Labute approximate surface area is 114 Å². The minimum atomic E-state index is -0.569. The van der Waals surface area contributed by atoms with Crippen LogP contribution in [0.1, 0.15) is 44.5 Å². The van der Waals surface area contributed by atoms with E-state index in [1.807, 2.05) is 27.7 Å². The normalized spacial score (nSPS) is 10.6. The van der Waals surface area contributed by atoms with Crippen LogP contribution in [-0.4, -0.2) is 34.9 Å². The predicted octanol–water partition coefficient (Wildman–Crippen LogP) is 2.91. The Kier molecular flexibility index (Phi) is 5.73. The van der Waals surface area contributed by atoms with Gasteiger partial charge in [-0.25, -0.2) is 9.37 Å². The molecule has 1 aromatic heterocycles. The van der Waals surface area contributed by atoms with Crippen molar-refractivity contribution in [3.05, 3.63) is 23.6 Å². The lowest BCUT2D eigenvalue weighted by Gasteiger charge is -2.25. The second-order valence-electron chi connectivity index (χ2n) is 4.63. The molecule has 1 aromatic rings. The minimum Gasteiger partial charge on any atom is -0.368 e. The van der Waals surface area contributed by atoms with Crippen LogP contribution >= 0.6 is 0 Å². The first-order valence-electron chi connectivity index (χ1n) is 6.72.